The Balaban J connectivity index is 2.31. The Labute approximate surface area is 116 Å². The molecule has 0 atom stereocenters. The number of carbonyl (C=O) groups excluding carboxylic acids is 1. The van der Waals surface area contributed by atoms with Crippen LogP contribution in [0.5, 0.6) is 0 Å². The highest BCUT2D eigenvalue weighted by Gasteiger charge is 2.32. The Kier molecular flexibility index (Phi) is 3.36. The van der Waals surface area contributed by atoms with E-state index in [1.54, 1.807) is 17.6 Å². The summed E-state index contributed by atoms with van der Waals surface area (Å²) in [5.74, 6) is -0.614. The van der Waals surface area contributed by atoms with Crippen molar-refractivity contribution in [3.8, 4) is 11.3 Å². The smallest absolute Gasteiger partial charge is 0.254 e. The van der Waals surface area contributed by atoms with Gasteiger partial charge in [0.25, 0.3) is 3.79 Å². The molecule has 0 aromatic carbocycles. The molecule has 0 bridgehead atoms. The van der Waals surface area contributed by atoms with Gasteiger partial charge in [0.2, 0.25) is 5.78 Å². The number of nitrogens with two attached hydrogens (primary N) is 1. The number of H-pyrrole nitrogens is 1. The zero-order valence-corrected chi connectivity index (χ0v) is 11.3. The fraction of sp³-hybridized carbons (Fsp3) is 0.111. The van der Waals surface area contributed by atoms with Crippen LogP contribution in [0.25, 0.3) is 11.3 Å². The Morgan fingerprint density at radius 1 is 1.47 bits per heavy atom. The average molecular weight is 311 g/mol. The van der Waals surface area contributed by atoms with Gasteiger partial charge in [-0.1, -0.05) is 34.8 Å². The van der Waals surface area contributed by atoms with Gasteiger partial charge in [-0.2, -0.15) is 0 Å². The number of nitrogens with one attached hydrogen (secondary N) is 1. The molecule has 4 nitrogen and oxygen atoms in total. The minimum Gasteiger partial charge on any atom is -0.375 e. The van der Waals surface area contributed by atoms with E-state index >= 15 is 0 Å². The lowest BCUT2D eigenvalue weighted by molar-refractivity contribution is 0.0992. The Morgan fingerprint density at radius 2 is 2.18 bits per heavy atom. The number of nitrogens with zero attached hydrogens (tertiary/aromatic N) is 1. The first-order chi connectivity index (χ1) is 7.88. The van der Waals surface area contributed by atoms with Crippen molar-refractivity contribution in [3.63, 3.8) is 0 Å². The third kappa shape index (κ3) is 2.74. The minimum absolute atomic E-state index is 0.214. The molecule has 0 aliphatic carbocycles. The zero-order chi connectivity index (χ0) is 12.6. The first-order valence-electron chi connectivity index (χ1n) is 4.39. The van der Waals surface area contributed by atoms with Crippen LogP contribution in [0.1, 0.15) is 10.5 Å². The number of carbonyl (C=O) groups is 1. The molecular formula is C9H6Cl3N3OS. The maximum absolute atomic E-state index is 11.6. The molecule has 2 heterocycles. The van der Waals surface area contributed by atoms with Crippen LogP contribution >= 0.6 is 46.1 Å². The molecule has 0 unspecified atom stereocenters. The molecule has 0 saturated heterocycles. The highest BCUT2D eigenvalue weighted by atomic mass is 35.6. The molecule has 2 rings (SSSR count). The number of aromatic amines is 1. The zero-order valence-electron chi connectivity index (χ0n) is 8.21. The van der Waals surface area contributed by atoms with Crippen molar-refractivity contribution >= 4 is 57.1 Å². The van der Waals surface area contributed by atoms with E-state index in [-0.39, 0.29) is 5.69 Å². The van der Waals surface area contributed by atoms with E-state index < -0.39 is 9.58 Å². The van der Waals surface area contributed by atoms with Crippen molar-refractivity contribution in [2.24, 2.45) is 0 Å². The summed E-state index contributed by atoms with van der Waals surface area (Å²) in [4.78, 5) is 18.5. The summed E-state index contributed by atoms with van der Waals surface area (Å²) in [7, 11) is 0. The molecule has 8 heteroatoms. The Morgan fingerprint density at radius 3 is 2.71 bits per heavy atom. The molecule has 2 aromatic rings. The van der Waals surface area contributed by atoms with Crippen molar-refractivity contribution in [1.29, 1.82) is 0 Å². The van der Waals surface area contributed by atoms with E-state index in [9.17, 15) is 4.79 Å². The largest absolute Gasteiger partial charge is 0.375 e. The minimum atomic E-state index is -1.97. The van der Waals surface area contributed by atoms with Gasteiger partial charge in [-0.05, 0) is 6.07 Å². The average Bonchev–Trinajstić information content (AvgIpc) is 2.83. The summed E-state index contributed by atoms with van der Waals surface area (Å²) < 4.78 is -1.97. The van der Waals surface area contributed by atoms with E-state index in [0.29, 0.717) is 10.8 Å². The Hall–Kier alpha value is -0.750. The van der Waals surface area contributed by atoms with Gasteiger partial charge >= 0.3 is 0 Å². The van der Waals surface area contributed by atoms with Gasteiger partial charge in [-0.15, -0.1) is 11.3 Å². The molecule has 0 amide bonds. The molecule has 2 aromatic heterocycles. The number of Topliss-reactive ketones (excluding diaryl/α,β-unsaturated/α-hetero) is 1. The van der Waals surface area contributed by atoms with E-state index in [0.717, 1.165) is 5.56 Å². The van der Waals surface area contributed by atoms with E-state index in [1.807, 2.05) is 0 Å². The number of nitrogen functional groups attached to an aromatic ring is 1. The van der Waals surface area contributed by atoms with Gasteiger partial charge in [-0.3, -0.25) is 4.79 Å². The summed E-state index contributed by atoms with van der Waals surface area (Å²) in [6.45, 7) is 0. The number of aromatic nitrogens is 2. The van der Waals surface area contributed by atoms with Gasteiger partial charge in [-0.25, -0.2) is 4.98 Å². The number of hydrogen-bond donors (Lipinski definition) is 2. The quantitative estimate of drug-likeness (QED) is 0.660. The number of hydrogen-bond acceptors (Lipinski definition) is 4. The number of ketones is 1. The highest BCUT2D eigenvalue weighted by Crippen LogP contribution is 2.31. The van der Waals surface area contributed by atoms with Crippen LogP contribution in [0.15, 0.2) is 17.6 Å². The van der Waals surface area contributed by atoms with E-state index in [1.165, 1.54) is 11.3 Å². The summed E-state index contributed by atoms with van der Waals surface area (Å²) >= 11 is 17.8. The standard InChI is InChI=1S/C9H6Cl3N3OS/c10-9(11,12)7(16)5-1-4(2-14-5)6-3-17-8(13)15-6/h1-3,14H,(H2,13,15). The molecule has 17 heavy (non-hydrogen) atoms. The lowest BCUT2D eigenvalue weighted by Crippen LogP contribution is -2.19. The maximum atomic E-state index is 11.6. The molecule has 0 radical (unpaired) electrons. The van der Waals surface area contributed by atoms with E-state index in [2.05, 4.69) is 9.97 Å². The second-order valence-corrected chi connectivity index (χ2v) is 6.37. The van der Waals surface area contributed by atoms with Gasteiger partial charge in [0.1, 0.15) is 0 Å². The van der Waals surface area contributed by atoms with Crippen LogP contribution in [0.4, 0.5) is 5.13 Å². The number of rotatable bonds is 2. The topological polar surface area (TPSA) is 71.8 Å². The van der Waals surface area contributed by atoms with Crippen molar-refractivity contribution < 1.29 is 4.79 Å². The SMILES string of the molecule is Nc1nc(-c2c[nH]c(C(=O)C(Cl)(Cl)Cl)c2)cs1. The normalized spacial score (nSPS) is 11.7. The summed E-state index contributed by atoms with van der Waals surface area (Å²) in [5.41, 5.74) is 7.12. The van der Waals surface area contributed by atoms with Crippen LogP contribution in [-0.2, 0) is 0 Å². The second-order valence-electron chi connectivity index (χ2n) is 3.20. The van der Waals surface area contributed by atoms with Crippen LogP contribution in [0, 0.1) is 0 Å². The lowest BCUT2D eigenvalue weighted by atomic mass is 10.2. The number of halogens is 3. The molecular weight excluding hydrogens is 305 g/mol. The third-order valence-electron chi connectivity index (χ3n) is 2.00. The fourth-order valence-corrected chi connectivity index (χ4v) is 2.12. The Bertz CT molecular complexity index is 558. The molecule has 0 fully saturated rings. The first-order valence-corrected chi connectivity index (χ1v) is 6.40. The summed E-state index contributed by atoms with van der Waals surface area (Å²) in [6.07, 6.45) is 1.61. The van der Waals surface area contributed by atoms with Crippen LogP contribution < -0.4 is 5.73 Å². The number of alkyl halides is 3. The molecule has 0 aliphatic heterocycles. The van der Waals surface area contributed by atoms with Crippen molar-refractivity contribution in [3.05, 3.63) is 23.3 Å². The van der Waals surface area contributed by atoms with E-state index in [4.69, 9.17) is 40.5 Å². The number of thiazole rings is 1. The predicted molar refractivity (Wildman–Crippen MR) is 70.9 cm³/mol. The summed E-state index contributed by atoms with van der Waals surface area (Å²) in [6, 6.07) is 1.57. The van der Waals surface area contributed by atoms with Crippen molar-refractivity contribution in [2.75, 3.05) is 5.73 Å². The van der Waals surface area contributed by atoms with Crippen LogP contribution in [-0.4, -0.2) is 19.5 Å². The van der Waals surface area contributed by atoms with Crippen LogP contribution in [0.2, 0.25) is 0 Å². The molecule has 90 valence electrons. The molecule has 0 aliphatic rings. The van der Waals surface area contributed by atoms with Crippen LogP contribution in [0.3, 0.4) is 0 Å². The fourth-order valence-electron chi connectivity index (χ4n) is 1.25. The second kappa shape index (κ2) is 4.49. The predicted octanol–water partition coefficient (Wildman–Crippen LogP) is 3.27. The van der Waals surface area contributed by atoms with Gasteiger partial charge in [0, 0.05) is 17.1 Å². The highest BCUT2D eigenvalue weighted by molar-refractivity contribution is 7.13. The van der Waals surface area contributed by atoms with Gasteiger partial charge < -0.3 is 10.7 Å². The maximum Gasteiger partial charge on any atom is 0.254 e. The van der Waals surface area contributed by atoms with Crippen molar-refractivity contribution in [1.82, 2.24) is 9.97 Å². The molecule has 0 saturated carbocycles. The third-order valence-corrected chi connectivity index (χ3v) is 3.19. The molecule has 0 spiro atoms. The van der Waals surface area contributed by atoms with Gasteiger partial charge in [0.15, 0.2) is 5.13 Å². The summed E-state index contributed by atoms with van der Waals surface area (Å²) in [5, 5.41) is 2.23. The monoisotopic (exact) mass is 309 g/mol. The van der Waals surface area contributed by atoms with Crippen molar-refractivity contribution in [2.45, 2.75) is 3.79 Å². The first kappa shape index (κ1) is 12.7. The lowest BCUT2D eigenvalue weighted by Gasteiger charge is -2.06. The van der Waals surface area contributed by atoms with Gasteiger partial charge in [0.05, 0.1) is 11.4 Å². The molecule has 3 N–H and O–H groups in total. The number of anilines is 1.